The Morgan fingerprint density at radius 1 is 1.39 bits per heavy atom. The molecular formula is C18H18N6O2S2. The number of hydrogen-bond donors (Lipinski definition) is 2. The van der Waals surface area contributed by atoms with Gasteiger partial charge in [0.15, 0.2) is 5.16 Å². The summed E-state index contributed by atoms with van der Waals surface area (Å²) in [6, 6.07) is 8.96. The number of nitrogens with two attached hydrogens (primary N) is 1. The summed E-state index contributed by atoms with van der Waals surface area (Å²) in [7, 11) is 1.60. The van der Waals surface area contributed by atoms with Gasteiger partial charge in [0.2, 0.25) is 11.9 Å². The molecule has 3 rings (SSSR count). The Morgan fingerprint density at radius 3 is 2.71 bits per heavy atom. The molecule has 0 spiro atoms. The van der Waals surface area contributed by atoms with Gasteiger partial charge in [0.05, 0.1) is 12.7 Å². The van der Waals surface area contributed by atoms with E-state index in [1.54, 1.807) is 18.6 Å². The molecule has 0 saturated heterocycles. The van der Waals surface area contributed by atoms with Crippen LogP contribution in [0.1, 0.15) is 18.5 Å². The lowest BCUT2D eigenvalue weighted by Gasteiger charge is -2.15. The molecule has 1 atom stereocenters. The predicted octanol–water partition coefficient (Wildman–Crippen LogP) is 3.39. The minimum atomic E-state index is -0.629. The molecular weight excluding hydrogens is 396 g/mol. The highest BCUT2D eigenvalue weighted by molar-refractivity contribution is 7.98. The maximum absolute atomic E-state index is 12.8. The van der Waals surface area contributed by atoms with Gasteiger partial charge >= 0.3 is 0 Å². The molecule has 0 aliphatic heterocycles. The van der Waals surface area contributed by atoms with Crippen molar-refractivity contribution in [1.82, 2.24) is 14.8 Å². The van der Waals surface area contributed by atoms with E-state index in [0.717, 1.165) is 16.9 Å². The Labute approximate surface area is 170 Å². The van der Waals surface area contributed by atoms with Crippen molar-refractivity contribution in [3.63, 3.8) is 0 Å². The first-order valence-electron chi connectivity index (χ1n) is 8.21. The van der Waals surface area contributed by atoms with Gasteiger partial charge in [0.25, 0.3) is 0 Å². The maximum Gasteiger partial charge on any atom is 0.248 e. The Bertz CT molecular complexity index is 1040. The first kappa shape index (κ1) is 19.7. The zero-order chi connectivity index (χ0) is 20.3. The molecule has 3 N–H and O–H groups in total. The van der Waals surface area contributed by atoms with Crippen LogP contribution in [0.15, 0.2) is 34.8 Å². The summed E-state index contributed by atoms with van der Waals surface area (Å²) in [5, 5.41) is 23.1. The molecule has 0 aliphatic rings. The molecule has 0 aliphatic carbocycles. The average molecular weight is 415 g/mol. The van der Waals surface area contributed by atoms with E-state index in [2.05, 4.69) is 21.6 Å². The fourth-order valence-electron chi connectivity index (χ4n) is 2.67. The summed E-state index contributed by atoms with van der Waals surface area (Å²) >= 11 is 2.65. The number of carbonyl (C=O) groups excluding carboxylic acids is 1. The normalized spacial score (nSPS) is 11.6. The number of nitrogens with one attached hydrogen (secondary N) is 1. The summed E-state index contributed by atoms with van der Waals surface area (Å²) in [5.74, 6) is 0.593. The number of methoxy groups -OCH3 is 1. The number of benzene rings is 1. The molecule has 2 heterocycles. The Kier molecular flexibility index (Phi) is 5.87. The second-order valence-corrected chi connectivity index (χ2v) is 7.43. The Hall–Kier alpha value is -3.03. The van der Waals surface area contributed by atoms with Crippen molar-refractivity contribution in [2.24, 2.45) is 0 Å². The number of amides is 1. The standard InChI is InChI=1S/C18H18N6O2S2/c1-10(24-17(20)22-23-18(24)27-3)15(25)21-16-13(8-19)14(9-28-16)11-4-6-12(26-2)7-5-11/h4-7,9-10H,1-3H3,(H2,20,22)(H,21,25). The first-order valence-corrected chi connectivity index (χ1v) is 10.3. The number of rotatable bonds is 6. The van der Waals surface area contributed by atoms with Crippen LogP contribution in [0.3, 0.4) is 0 Å². The molecule has 1 unspecified atom stereocenters. The van der Waals surface area contributed by atoms with Crippen LogP contribution >= 0.6 is 23.1 Å². The Balaban J connectivity index is 1.86. The zero-order valence-corrected chi connectivity index (χ0v) is 17.1. The summed E-state index contributed by atoms with van der Waals surface area (Å²) in [5.41, 5.74) is 7.89. The van der Waals surface area contributed by atoms with Crippen molar-refractivity contribution in [3.05, 3.63) is 35.2 Å². The van der Waals surface area contributed by atoms with Crippen molar-refractivity contribution < 1.29 is 9.53 Å². The molecule has 0 fully saturated rings. The molecule has 1 aromatic carbocycles. The van der Waals surface area contributed by atoms with Crippen molar-refractivity contribution in [2.75, 3.05) is 24.4 Å². The van der Waals surface area contributed by atoms with Crippen molar-refractivity contribution in [1.29, 1.82) is 5.26 Å². The molecule has 8 nitrogen and oxygen atoms in total. The minimum absolute atomic E-state index is 0.164. The van der Waals surface area contributed by atoms with Gasteiger partial charge in [-0.3, -0.25) is 9.36 Å². The number of thiophene rings is 1. The first-order chi connectivity index (χ1) is 13.5. The van der Waals surface area contributed by atoms with Crippen LogP contribution in [0.4, 0.5) is 10.9 Å². The van der Waals surface area contributed by atoms with Crippen LogP contribution < -0.4 is 15.8 Å². The number of aromatic nitrogens is 3. The minimum Gasteiger partial charge on any atom is -0.497 e. The molecule has 28 heavy (non-hydrogen) atoms. The topological polar surface area (TPSA) is 119 Å². The summed E-state index contributed by atoms with van der Waals surface area (Å²) in [6.07, 6.45) is 1.83. The van der Waals surface area contributed by atoms with E-state index in [1.807, 2.05) is 35.9 Å². The fraction of sp³-hybridized carbons (Fsp3) is 0.222. The molecule has 0 bridgehead atoms. The number of ether oxygens (including phenoxy) is 1. The van der Waals surface area contributed by atoms with Gasteiger partial charge in [0.1, 0.15) is 22.9 Å². The quantitative estimate of drug-likeness (QED) is 0.593. The molecule has 144 valence electrons. The second-order valence-electron chi connectivity index (χ2n) is 5.77. The van der Waals surface area contributed by atoms with Gasteiger partial charge < -0.3 is 15.8 Å². The van der Waals surface area contributed by atoms with Gasteiger partial charge in [-0.2, -0.15) is 5.26 Å². The summed E-state index contributed by atoms with van der Waals surface area (Å²) < 4.78 is 6.73. The fourth-order valence-corrected chi connectivity index (χ4v) is 4.16. The lowest BCUT2D eigenvalue weighted by atomic mass is 10.0. The number of nitrogen functional groups attached to an aromatic ring is 1. The van der Waals surface area contributed by atoms with E-state index in [0.29, 0.717) is 15.7 Å². The second kappa shape index (κ2) is 8.33. The molecule has 1 amide bonds. The summed E-state index contributed by atoms with van der Waals surface area (Å²) in [4.78, 5) is 12.8. The van der Waals surface area contributed by atoms with Crippen LogP contribution in [-0.2, 0) is 4.79 Å². The average Bonchev–Trinajstić information content (AvgIpc) is 3.30. The van der Waals surface area contributed by atoms with E-state index in [4.69, 9.17) is 10.5 Å². The molecule has 2 aromatic heterocycles. The maximum atomic E-state index is 12.8. The van der Waals surface area contributed by atoms with Crippen LogP contribution in [0.25, 0.3) is 11.1 Å². The molecule has 0 saturated carbocycles. The van der Waals surface area contributed by atoms with E-state index in [9.17, 15) is 10.1 Å². The van der Waals surface area contributed by atoms with E-state index < -0.39 is 6.04 Å². The van der Waals surface area contributed by atoms with E-state index in [-0.39, 0.29) is 11.9 Å². The number of anilines is 2. The smallest absolute Gasteiger partial charge is 0.248 e. The number of carbonyl (C=O) groups is 1. The van der Waals surface area contributed by atoms with Crippen molar-refractivity contribution in [2.45, 2.75) is 18.1 Å². The molecule has 3 aromatic rings. The van der Waals surface area contributed by atoms with Gasteiger partial charge in [0, 0.05) is 10.9 Å². The highest BCUT2D eigenvalue weighted by Gasteiger charge is 2.23. The SMILES string of the molecule is COc1ccc(-c2csc(NC(=O)C(C)n3c(N)nnc3SC)c2C#N)cc1. The lowest BCUT2D eigenvalue weighted by Crippen LogP contribution is -2.25. The zero-order valence-electron chi connectivity index (χ0n) is 15.5. The third-order valence-electron chi connectivity index (χ3n) is 4.18. The number of nitriles is 1. The number of nitrogens with zero attached hydrogens (tertiary/aromatic N) is 4. The van der Waals surface area contributed by atoms with E-state index >= 15 is 0 Å². The monoisotopic (exact) mass is 414 g/mol. The van der Waals surface area contributed by atoms with Crippen LogP contribution in [-0.4, -0.2) is 34.0 Å². The largest absolute Gasteiger partial charge is 0.497 e. The van der Waals surface area contributed by atoms with Crippen molar-refractivity contribution in [3.8, 4) is 22.9 Å². The van der Waals surface area contributed by atoms with Crippen LogP contribution in [0.2, 0.25) is 0 Å². The highest BCUT2D eigenvalue weighted by Crippen LogP contribution is 2.36. The van der Waals surface area contributed by atoms with E-state index in [1.165, 1.54) is 23.1 Å². The van der Waals surface area contributed by atoms with Gasteiger partial charge in [-0.05, 0) is 30.9 Å². The van der Waals surface area contributed by atoms with Crippen molar-refractivity contribution >= 4 is 40.0 Å². The highest BCUT2D eigenvalue weighted by atomic mass is 32.2. The van der Waals surface area contributed by atoms with Gasteiger partial charge in [-0.15, -0.1) is 21.5 Å². The Morgan fingerprint density at radius 2 is 2.11 bits per heavy atom. The molecule has 0 radical (unpaired) electrons. The van der Waals surface area contributed by atoms with Crippen LogP contribution in [0.5, 0.6) is 5.75 Å². The number of hydrogen-bond acceptors (Lipinski definition) is 8. The number of thioether (sulfide) groups is 1. The van der Waals surface area contributed by atoms with Crippen LogP contribution in [0, 0.1) is 11.3 Å². The lowest BCUT2D eigenvalue weighted by molar-refractivity contribution is -0.118. The predicted molar refractivity (Wildman–Crippen MR) is 111 cm³/mol. The third-order valence-corrected chi connectivity index (χ3v) is 5.72. The summed E-state index contributed by atoms with van der Waals surface area (Å²) in [6.45, 7) is 1.71. The third kappa shape index (κ3) is 3.67. The van der Waals surface area contributed by atoms with Gasteiger partial charge in [-0.1, -0.05) is 23.9 Å². The van der Waals surface area contributed by atoms with Gasteiger partial charge in [-0.25, -0.2) is 0 Å². The molecule has 10 heteroatoms.